The molecule has 1 aliphatic rings. The maximum atomic E-state index is 12.0. The van der Waals surface area contributed by atoms with Gasteiger partial charge in [0.1, 0.15) is 15.8 Å². The zero-order valence-corrected chi connectivity index (χ0v) is 14.4. The maximum absolute atomic E-state index is 12.0. The Hall–Kier alpha value is -2.11. The summed E-state index contributed by atoms with van der Waals surface area (Å²) < 4.78 is 6.43. The van der Waals surface area contributed by atoms with Crippen LogP contribution in [0.3, 0.4) is 0 Å². The molecule has 0 N–H and O–H groups in total. The van der Waals surface area contributed by atoms with Crippen LogP contribution in [0.4, 0.5) is 0 Å². The lowest BCUT2D eigenvalue weighted by molar-refractivity contribution is -0.121. The van der Waals surface area contributed by atoms with Crippen molar-refractivity contribution in [3.63, 3.8) is 0 Å². The molecule has 3 nitrogen and oxygen atoms in total. The fourth-order valence-electron chi connectivity index (χ4n) is 2.11. The van der Waals surface area contributed by atoms with Crippen LogP contribution in [0.5, 0.6) is 11.5 Å². The largest absolute Gasteiger partial charge is 0.457 e. The van der Waals surface area contributed by atoms with Gasteiger partial charge in [0.2, 0.25) is 0 Å². The number of thioether (sulfide) groups is 1. The van der Waals surface area contributed by atoms with E-state index in [1.54, 1.807) is 7.05 Å². The molecule has 3 rings (SSSR count). The van der Waals surface area contributed by atoms with Gasteiger partial charge in [-0.2, -0.15) is 0 Å². The number of benzene rings is 2. The summed E-state index contributed by atoms with van der Waals surface area (Å²) in [6.07, 6.45) is 1.84. The van der Waals surface area contributed by atoms with Gasteiger partial charge in [0.25, 0.3) is 5.91 Å². The van der Waals surface area contributed by atoms with Gasteiger partial charge in [-0.25, -0.2) is 0 Å². The molecule has 0 aromatic heterocycles. The first-order chi connectivity index (χ1) is 11.0. The Morgan fingerprint density at radius 3 is 2.52 bits per heavy atom. The van der Waals surface area contributed by atoms with Crippen molar-refractivity contribution in [3.8, 4) is 11.5 Å². The second-order valence-corrected chi connectivity index (χ2v) is 6.90. The third-order valence-electron chi connectivity index (χ3n) is 3.40. The normalized spacial score (nSPS) is 16.3. The van der Waals surface area contributed by atoms with E-state index in [0.717, 1.165) is 17.1 Å². The summed E-state index contributed by atoms with van der Waals surface area (Å²) in [6, 6.07) is 15.5. The van der Waals surface area contributed by atoms with Crippen molar-refractivity contribution < 1.29 is 9.53 Å². The zero-order valence-electron chi connectivity index (χ0n) is 12.8. The van der Waals surface area contributed by atoms with Gasteiger partial charge < -0.3 is 4.74 Å². The van der Waals surface area contributed by atoms with Gasteiger partial charge >= 0.3 is 0 Å². The molecule has 1 saturated heterocycles. The highest BCUT2D eigenvalue weighted by Crippen LogP contribution is 2.32. The van der Waals surface area contributed by atoms with Crippen molar-refractivity contribution in [2.45, 2.75) is 6.92 Å². The smallest absolute Gasteiger partial charge is 0.265 e. The van der Waals surface area contributed by atoms with Crippen molar-refractivity contribution in [2.75, 3.05) is 7.05 Å². The minimum absolute atomic E-state index is 0.0649. The number of aryl methyl sites for hydroxylation is 1. The Bertz CT molecular complexity index is 797. The number of carbonyl (C=O) groups excluding carboxylic acids is 1. The molecule has 0 radical (unpaired) electrons. The number of hydrogen-bond acceptors (Lipinski definition) is 4. The average molecular weight is 341 g/mol. The highest BCUT2D eigenvalue weighted by molar-refractivity contribution is 8.26. The lowest BCUT2D eigenvalue weighted by atomic mass is 10.2. The average Bonchev–Trinajstić information content (AvgIpc) is 2.77. The summed E-state index contributed by atoms with van der Waals surface area (Å²) >= 11 is 6.45. The molecule has 1 amide bonds. The first kappa shape index (κ1) is 15.8. The molecule has 0 bridgehead atoms. The van der Waals surface area contributed by atoms with Crippen LogP contribution in [-0.4, -0.2) is 22.2 Å². The number of nitrogens with zero attached hydrogens (tertiary/aromatic N) is 1. The van der Waals surface area contributed by atoms with Gasteiger partial charge in [-0.1, -0.05) is 53.8 Å². The zero-order chi connectivity index (χ0) is 16.4. The molecule has 2 aromatic rings. The Kier molecular flexibility index (Phi) is 4.50. The minimum atomic E-state index is -0.0649. The molecule has 1 fully saturated rings. The van der Waals surface area contributed by atoms with Crippen LogP contribution in [-0.2, 0) is 4.79 Å². The predicted octanol–water partition coefficient (Wildman–Crippen LogP) is 4.62. The van der Waals surface area contributed by atoms with E-state index in [1.807, 2.05) is 61.5 Å². The fourth-order valence-corrected chi connectivity index (χ4v) is 3.29. The maximum Gasteiger partial charge on any atom is 0.265 e. The highest BCUT2D eigenvalue weighted by atomic mass is 32.2. The second-order valence-electron chi connectivity index (χ2n) is 5.23. The van der Waals surface area contributed by atoms with Crippen LogP contribution in [0.25, 0.3) is 6.08 Å². The van der Waals surface area contributed by atoms with E-state index in [-0.39, 0.29) is 5.91 Å². The van der Waals surface area contributed by atoms with Gasteiger partial charge in [-0.15, -0.1) is 0 Å². The summed E-state index contributed by atoms with van der Waals surface area (Å²) in [5.74, 6) is 1.45. The molecule has 5 heteroatoms. The van der Waals surface area contributed by atoms with Crippen LogP contribution >= 0.6 is 24.0 Å². The lowest BCUT2D eigenvalue weighted by Crippen LogP contribution is -2.22. The van der Waals surface area contributed by atoms with E-state index in [2.05, 4.69) is 0 Å². The number of amides is 1. The van der Waals surface area contributed by atoms with Gasteiger partial charge in [0, 0.05) is 7.05 Å². The highest BCUT2D eigenvalue weighted by Gasteiger charge is 2.28. The molecule has 0 unspecified atom stereocenters. The van der Waals surface area contributed by atoms with Crippen LogP contribution in [0.2, 0.25) is 0 Å². The lowest BCUT2D eigenvalue weighted by Gasteiger charge is -2.07. The van der Waals surface area contributed by atoms with E-state index >= 15 is 0 Å². The predicted molar refractivity (Wildman–Crippen MR) is 98.6 cm³/mol. The van der Waals surface area contributed by atoms with E-state index < -0.39 is 0 Å². The fraction of sp³-hybridized carbons (Fsp3) is 0.111. The summed E-state index contributed by atoms with van der Waals surface area (Å²) in [5, 5.41) is 0. The van der Waals surface area contributed by atoms with E-state index in [1.165, 1.54) is 22.2 Å². The Morgan fingerprint density at radius 1 is 1.13 bits per heavy atom. The quantitative estimate of drug-likeness (QED) is 0.602. The van der Waals surface area contributed by atoms with Gasteiger partial charge in [-0.3, -0.25) is 9.69 Å². The second kappa shape index (κ2) is 6.56. The molecule has 23 heavy (non-hydrogen) atoms. The Morgan fingerprint density at radius 2 is 1.87 bits per heavy atom. The van der Waals surface area contributed by atoms with Crippen LogP contribution in [0.15, 0.2) is 53.4 Å². The molecule has 0 saturated carbocycles. The SMILES string of the molecule is Cc1ccc(Oc2cccc(C=C3SC(=S)N(C)C3=O)c2)cc1. The first-order valence-corrected chi connectivity index (χ1v) is 8.31. The summed E-state index contributed by atoms with van der Waals surface area (Å²) in [4.78, 5) is 14.2. The molecular weight excluding hydrogens is 326 g/mol. The molecule has 1 aliphatic heterocycles. The topological polar surface area (TPSA) is 29.5 Å². The Balaban J connectivity index is 1.82. The van der Waals surface area contributed by atoms with Gasteiger partial charge in [0.05, 0.1) is 4.91 Å². The van der Waals surface area contributed by atoms with Crippen molar-refractivity contribution in [2.24, 2.45) is 0 Å². The van der Waals surface area contributed by atoms with Crippen molar-refractivity contribution in [1.29, 1.82) is 0 Å². The van der Waals surface area contributed by atoms with E-state index in [9.17, 15) is 4.79 Å². The molecule has 2 aromatic carbocycles. The number of hydrogen-bond donors (Lipinski definition) is 0. The summed E-state index contributed by atoms with van der Waals surface area (Å²) in [7, 11) is 1.69. The van der Waals surface area contributed by atoms with Crippen LogP contribution in [0, 0.1) is 6.92 Å². The summed E-state index contributed by atoms with van der Waals surface area (Å²) in [5.41, 5.74) is 2.09. The molecule has 116 valence electrons. The number of rotatable bonds is 3. The van der Waals surface area contributed by atoms with Crippen LogP contribution < -0.4 is 4.74 Å². The third-order valence-corrected chi connectivity index (χ3v) is 4.88. The summed E-state index contributed by atoms with van der Waals surface area (Å²) in [6.45, 7) is 2.04. The molecular formula is C18H15NO2S2. The number of likely N-dealkylation sites (N-methyl/N-ethyl adjacent to an activating group) is 1. The minimum Gasteiger partial charge on any atom is -0.457 e. The van der Waals surface area contributed by atoms with Crippen LogP contribution in [0.1, 0.15) is 11.1 Å². The van der Waals surface area contributed by atoms with Crippen molar-refractivity contribution in [1.82, 2.24) is 4.90 Å². The molecule has 1 heterocycles. The van der Waals surface area contributed by atoms with Crippen molar-refractivity contribution in [3.05, 3.63) is 64.6 Å². The number of ether oxygens (including phenoxy) is 1. The number of carbonyl (C=O) groups is 1. The van der Waals surface area contributed by atoms with Gasteiger partial charge in [-0.05, 0) is 42.8 Å². The Labute approximate surface area is 144 Å². The standard InChI is InChI=1S/C18H15NO2S2/c1-12-6-8-14(9-7-12)21-15-5-3-4-13(10-15)11-16-17(20)19(2)18(22)23-16/h3-11H,1-2H3. The first-order valence-electron chi connectivity index (χ1n) is 7.09. The molecule has 0 atom stereocenters. The van der Waals surface area contributed by atoms with E-state index in [4.69, 9.17) is 17.0 Å². The molecule has 0 aliphatic carbocycles. The monoisotopic (exact) mass is 341 g/mol. The van der Waals surface area contributed by atoms with Crippen molar-refractivity contribution >= 4 is 40.3 Å². The molecule has 0 spiro atoms. The van der Waals surface area contributed by atoms with E-state index in [0.29, 0.717) is 9.23 Å². The number of thiocarbonyl (C=S) groups is 1. The van der Waals surface area contributed by atoms with Gasteiger partial charge in [0.15, 0.2) is 0 Å². The third kappa shape index (κ3) is 3.63.